The fourth-order valence-corrected chi connectivity index (χ4v) is 1.08. The van der Waals surface area contributed by atoms with Crippen molar-refractivity contribution in [3.05, 3.63) is 30.1 Å². The van der Waals surface area contributed by atoms with E-state index in [1.807, 2.05) is 38.5 Å². The molecule has 0 radical (unpaired) electrons. The van der Waals surface area contributed by atoms with Gasteiger partial charge >= 0.3 is 0 Å². The highest BCUT2D eigenvalue weighted by molar-refractivity contribution is 5.51. The van der Waals surface area contributed by atoms with Crippen molar-refractivity contribution in [1.29, 1.82) is 0 Å². The molecule has 0 saturated heterocycles. The average molecular weight is 174 g/mol. The van der Waals surface area contributed by atoms with E-state index in [0.29, 0.717) is 0 Å². The van der Waals surface area contributed by atoms with Crippen molar-refractivity contribution in [3.8, 4) is 11.4 Å². The Hall–Kier alpha value is -1.71. The Morgan fingerprint density at radius 2 is 2.08 bits per heavy atom. The van der Waals surface area contributed by atoms with E-state index in [9.17, 15) is 0 Å². The van der Waals surface area contributed by atoms with Crippen LogP contribution in [-0.2, 0) is 7.05 Å². The van der Waals surface area contributed by atoms with Gasteiger partial charge in [0.15, 0.2) is 0 Å². The summed E-state index contributed by atoms with van der Waals surface area (Å²) in [6, 6.07) is 3.95. The lowest BCUT2D eigenvalue weighted by molar-refractivity contribution is 0.715. The maximum atomic E-state index is 4.25. The number of aromatic nitrogens is 4. The van der Waals surface area contributed by atoms with Gasteiger partial charge in [-0.15, -0.1) is 5.10 Å². The first-order valence-corrected chi connectivity index (χ1v) is 4.05. The molecule has 13 heavy (non-hydrogen) atoms. The van der Waals surface area contributed by atoms with Crippen LogP contribution in [0, 0.1) is 6.92 Å². The van der Waals surface area contributed by atoms with Crippen molar-refractivity contribution in [1.82, 2.24) is 20.0 Å². The molecule has 0 aromatic carbocycles. The summed E-state index contributed by atoms with van der Waals surface area (Å²) < 4.78 is 1.66. The Morgan fingerprint density at radius 3 is 2.62 bits per heavy atom. The highest BCUT2D eigenvalue weighted by Crippen LogP contribution is 2.12. The van der Waals surface area contributed by atoms with Crippen LogP contribution in [0.1, 0.15) is 5.56 Å². The molecule has 0 atom stereocenters. The van der Waals surface area contributed by atoms with E-state index in [1.54, 1.807) is 4.68 Å². The first kappa shape index (κ1) is 7.91. The van der Waals surface area contributed by atoms with Crippen molar-refractivity contribution in [2.75, 3.05) is 0 Å². The van der Waals surface area contributed by atoms with E-state index in [2.05, 4.69) is 15.3 Å². The van der Waals surface area contributed by atoms with Crippen LogP contribution in [0.4, 0.5) is 0 Å². The van der Waals surface area contributed by atoms with Crippen LogP contribution < -0.4 is 0 Å². The third-order valence-corrected chi connectivity index (χ3v) is 1.78. The van der Waals surface area contributed by atoms with Crippen LogP contribution >= 0.6 is 0 Å². The molecule has 2 rings (SSSR count). The van der Waals surface area contributed by atoms with Crippen molar-refractivity contribution in [3.63, 3.8) is 0 Å². The molecular weight excluding hydrogens is 164 g/mol. The monoisotopic (exact) mass is 174 g/mol. The Balaban J connectivity index is 2.41. The number of aryl methyl sites for hydroxylation is 2. The number of nitrogens with zero attached hydrogens (tertiary/aromatic N) is 4. The molecule has 2 aromatic rings. The summed E-state index contributed by atoms with van der Waals surface area (Å²) in [6.07, 6.45) is 3.67. The first-order chi connectivity index (χ1) is 6.25. The van der Waals surface area contributed by atoms with Crippen molar-refractivity contribution in [2.24, 2.45) is 7.05 Å². The number of rotatable bonds is 1. The molecule has 0 bridgehead atoms. The minimum absolute atomic E-state index is 0.808. The molecule has 4 heteroatoms. The maximum absolute atomic E-state index is 4.25. The second-order valence-corrected chi connectivity index (χ2v) is 3.00. The quantitative estimate of drug-likeness (QED) is 0.652. The number of hydrogen-bond acceptors (Lipinski definition) is 3. The van der Waals surface area contributed by atoms with Gasteiger partial charge in [-0.25, -0.2) is 0 Å². The molecule has 0 aliphatic rings. The molecule has 4 nitrogen and oxygen atoms in total. The Bertz CT molecular complexity index is 402. The van der Waals surface area contributed by atoms with Crippen LogP contribution in [-0.4, -0.2) is 20.0 Å². The zero-order valence-corrected chi connectivity index (χ0v) is 7.60. The molecule has 0 unspecified atom stereocenters. The minimum Gasteiger partial charge on any atom is -0.255 e. The lowest BCUT2D eigenvalue weighted by Gasteiger charge is -1.94. The van der Waals surface area contributed by atoms with Gasteiger partial charge in [-0.1, -0.05) is 11.3 Å². The smallest absolute Gasteiger partial charge is 0.131 e. The van der Waals surface area contributed by atoms with Gasteiger partial charge in [-0.2, -0.15) is 0 Å². The topological polar surface area (TPSA) is 43.6 Å². The molecular formula is C9H10N4. The van der Waals surface area contributed by atoms with Gasteiger partial charge in [-0.3, -0.25) is 9.67 Å². The molecule has 0 spiro atoms. The minimum atomic E-state index is 0.808. The summed E-state index contributed by atoms with van der Waals surface area (Å²) in [5.41, 5.74) is 2.81. The fraction of sp³-hybridized carbons (Fsp3) is 0.222. The molecule has 66 valence electrons. The van der Waals surface area contributed by atoms with Gasteiger partial charge in [-0.05, 0) is 18.6 Å². The van der Waals surface area contributed by atoms with Gasteiger partial charge in [0, 0.05) is 13.2 Å². The van der Waals surface area contributed by atoms with Crippen LogP contribution in [0.5, 0.6) is 0 Å². The summed E-state index contributed by atoms with van der Waals surface area (Å²) in [5, 5.41) is 7.81. The first-order valence-electron chi connectivity index (χ1n) is 4.05. The Labute approximate surface area is 76.2 Å². The predicted molar refractivity (Wildman–Crippen MR) is 49.0 cm³/mol. The molecule has 2 heterocycles. The van der Waals surface area contributed by atoms with Crippen molar-refractivity contribution >= 4 is 0 Å². The maximum Gasteiger partial charge on any atom is 0.131 e. The summed E-state index contributed by atoms with van der Waals surface area (Å²) in [4.78, 5) is 4.25. The van der Waals surface area contributed by atoms with E-state index in [4.69, 9.17) is 0 Å². The lowest BCUT2D eigenvalue weighted by Crippen LogP contribution is -1.85. The Kier molecular flexibility index (Phi) is 1.81. The van der Waals surface area contributed by atoms with Gasteiger partial charge in [0.2, 0.25) is 0 Å². The van der Waals surface area contributed by atoms with Crippen molar-refractivity contribution in [2.45, 2.75) is 6.92 Å². The van der Waals surface area contributed by atoms with Crippen LogP contribution in [0.25, 0.3) is 11.4 Å². The number of hydrogen-bond donors (Lipinski definition) is 0. The second kappa shape index (κ2) is 2.97. The van der Waals surface area contributed by atoms with Gasteiger partial charge in [0.1, 0.15) is 5.69 Å². The SMILES string of the molecule is Cc1ccc(-c2cn(C)nn2)nc1. The normalized spacial score (nSPS) is 10.3. The van der Waals surface area contributed by atoms with Crippen LogP contribution in [0.2, 0.25) is 0 Å². The summed E-state index contributed by atoms with van der Waals surface area (Å²) in [5.74, 6) is 0. The Morgan fingerprint density at radius 1 is 1.23 bits per heavy atom. The van der Waals surface area contributed by atoms with Gasteiger partial charge in [0.05, 0.1) is 11.9 Å². The molecule has 2 aromatic heterocycles. The standard InChI is InChI=1S/C9H10N4/c1-7-3-4-8(10-5-7)9-6-13(2)12-11-9/h3-6H,1-2H3. The summed E-state index contributed by atoms with van der Waals surface area (Å²) >= 11 is 0. The average Bonchev–Trinajstić information content (AvgIpc) is 2.53. The third kappa shape index (κ3) is 1.56. The highest BCUT2D eigenvalue weighted by Gasteiger charge is 2.01. The van der Waals surface area contributed by atoms with Crippen LogP contribution in [0.3, 0.4) is 0 Å². The van der Waals surface area contributed by atoms with Gasteiger partial charge < -0.3 is 0 Å². The number of pyridine rings is 1. The van der Waals surface area contributed by atoms with E-state index in [-0.39, 0.29) is 0 Å². The van der Waals surface area contributed by atoms with E-state index in [0.717, 1.165) is 17.0 Å². The highest BCUT2D eigenvalue weighted by atomic mass is 15.4. The van der Waals surface area contributed by atoms with Crippen molar-refractivity contribution < 1.29 is 0 Å². The molecule has 0 fully saturated rings. The fourth-order valence-electron chi connectivity index (χ4n) is 1.08. The zero-order chi connectivity index (χ0) is 9.26. The molecule has 0 aliphatic heterocycles. The zero-order valence-electron chi connectivity index (χ0n) is 7.60. The van der Waals surface area contributed by atoms with Crippen LogP contribution in [0.15, 0.2) is 24.5 Å². The molecule has 0 N–H and O–H groups in total. The summed E-state index contributed by atoms with van der Waals surface area (Å²) in [6.45, 7) is 2.01. The second-order valence-electron chi connectivity index (χ2n) is 3.00. The van der Waals surface area contributed by atoms with Gasteiger partial charge in [0.25, 0.3) is 0 Å². The van der Waals surface area contributed by atoms with E-state index >= 15 is 0 Å². The summed E-state index contributed by atoms with van der Waals surface area (Å²) in [7, 11) is 1.84. The van der Waals surface area contributed by atoms with E-state index < -0.39 is 0 Å². The molecule has 0 saturated carbocycles. The largest absolute Gasteiger partial charge is 0.255 e. The molecule has 0 aliphatic carbocycles. The third-order valence-electron chi connectivity index (χ3n) is 1.78. The lowest BCUT2D eigenvalue weighted by atomic mass is 10.2. The molecule has 0 amide bonds. The van der Waals surface area contributed by atoms with E-state index in [1.165, 1.54) is 0 Å². The predicted octanol–water partition coefficient (Wildman–Crippen LogP) is 1.19.